The molecule has 0 radical (unpaired) electrons. The van der Waals surface area contributed by atoms with Crippen LogP contribution in [0.4, 0.5) is 0 Å². The van der Waals surface area contributed by atoms with Crippen LogP contribution in [-0.2, 0) is 0 Å². The number of hydrogen-bond donors (Lipinski definition) is 0. The molecule has 4 aromatic heterocycles. The highest BCUT2D eigenvalue weighted by Gasteiger charge is 2.20. The van der Waals surface area contributed by atoms with Crippen LogP contribution >= 0.6 is 0 Å². The first-order valence-electron chi connectivity index (χ1n) is 13.6. The molecule has 4 heteroatoms. The average molecular weight is 515 g/mol. The van der Waals surface area contributed by atoms with E-state index >= 15 is 0 Å². The van der Waals surface area contributed by atoms with E-state index < -0.39 is 0 Å². The monoisotopic (exact) mass is 514 g/mol. The summed E-state index contributed by atoms with van der Waals surface area (Å²) in [6.45, 7) is 4.31. The maximum absolute atomic E-state index is 5.48. The number of pyridine rings is 2. The quantitative estimate of drug-likeness (QED) is 0.236. The van der Waals surface area contributed by atoms with Crippen molar-refractivity contribution in [2.75, 3.05) is 0 Å². The standard InChI is InChI=1S/C36H26N4/c1-23-14-16-33-28(19-23)30-22-31-29-20-24(2)15-17-34(29)40(27-12-8-9-25(21-27)32-13-6-7-18-37-32)36(31)38-35(30)39(33)26-10-4-3-5-11-26/h3-22H,1-2H3. The molecular formula is C36H26N4. The first-order chi connectivity index (χ1) is 19.7. The van der Waals surface area contributed by atoms with E-state index in [4.69, 9.17) is 4.98 Å². The van der Waals surface area contributed by atoms with E-state index in [9.17, 15) is 0 Å². The minimum atomic E-state index is 0.947. The Morgan fingerprint density at radius 1 is 0.500 bits per heavy atom. The number of aryl methyl sites for hydroxylation is 2. The predicted molar refractivity (Wildman–Crippen MR) is 166 cm³/mol. The largest absolute Gasteiger partial charge is 0.294 e. The molecule has 4 nitrogen and oxygen atoms in total. The van der Waals surface area contributed by atoms with Crippen molar-refractivity contribution >= 4 is 43.9 Å². The van der Waals surface area contributed by atoms with Gasteiger partial charge >= 0.3 is 0 Å². The molecule has 40 heavy (non-hydrogen) atoms. The third kappa shape index (κ3) is 3.39. The molecular weight excluding hydrogens is 488 g/mol. The molecule has 0 N–H and O–H groups in total. The maximum Gasteiger partial charge on any atom is 0.148 e. The zero-order valence-corrected chi connectivity index (χ0v) is 22.3. The Kier molecular flexibility index (Phi) is 4.92. The molecule has 4 heterocycles. The fraction of sp³-hybridized carbons (Fsp3) is 0.0556. The summed E-state index contributed by atoms with van der Waals surface area (Å²) in [5.41, 5.74) is 10.9. The van der Waals surface area contributed by atoms with Crippen molar-refractivity contribution in [3.8, 4) is 22.6 Å². The summed E-state index contributed by atoms with van der Waals surface area (Å²) in [6.07, 6.45) is 1.84. The van der Waals surface area contributed by atoms with Crippen molar-refractivity contribution in [3.05, 3.63) is 133 Å². The van der Waals surface area contributed by atoms with Gasteiger partial charge in [0.15, 0.2) is 0 Å². The highest BCUT2D eigenvalue weighted by molar-refractivity contribution is 6.16. The van der Waals surface area contributed by atoms with Gasteiger partial charge in [0.25, 0.3) is 0 Å². The van der Waals surface area contributed by atoms with Crippen LogP contribution in [0.5, 0.6) is 0 Å². The molecule has 190 valence electrons. The topological polar surface area (TPSA) is 35.6 Å². The van der Waals surface area contributed by atoms with Crippen LogP contribution in [0.15, 0.2) is 121 Å². The molecule has 0 amide bonds. The first-order valence-corrected chi connectivity index (χ1v) is 13.6. The Bertz CT molecular complexity index is 2220. The van der Waals surface area contributed by atoms with E-state index in [1.807, 2.05) is 18.3 Å². The van der Waals surface area contributed by atoms with Crippen molar-refractivity contribution in [2.45, 2.75) is 13.8 Å². The van der Waals surface area contributed by atoms with Gasteiger partial charge < -0.3 is 0 Å². The summed E-state index contributed by atoms with van der Waals surface area (Å²) >= 11 is 0. The van der Waals surface area contributed by atoms with Crippen molar-refractivity contribution < 1.29 is 0 Å². The molecule has 8 rings (SSSR count). The molecule has 0 unspecified atom stereocenters. The van der Waals surface area contributed by atoms with Gasteiger partial charge in [-0.15, -0.1) is 0 Å². The molecule has 0 spiro atoms. The van der Waals surface area contributed by atoms with Crippen LogP contribution in [0.1, 0.15) is 11.1 Å². The van der Waals surface area contributed by atoms with E-state index in [0.29, 0.717) is 0 Å². The van der Waals surface area contributed by atoms with Crippen LogP contribution in [0.25, 0.3) is 66.5 Å². The lowest BCUT2D eigenvalue weighted by Gasteiger charge is -2.10. The number of para-hydroxylation sites is 1. The van der Waals surface area contributed by atoms with Crippen LogP contribution < -0.4 is 0 Å². The molecule has 8 aromatic rings. The second kappa shape index (κ2) is 8.65. The second-order valence-corrected chi connectivity index (χ2v) is 10.5. The Hall–Kier alpha value is -5.22. The van der Waals surface area contributed by atoms with Crippen LogP contribution in [-0.4, -0.2) is 19.1 Å². The third-order valence-corrected chi connectivity index (χ3v) is 7.85. The maximum atomic E-state index is 5.48. The average Bonchev–Trinajstić information content (AvgIpc) is 3.48. The Balaban J connectivity index is 1.51. The molecule has 0 atom stereocenters. The summed E-state index contributed by atoms with van der Waals surface area (Å²) in [5.74, 6) is 0. The summed E-state index contributed by atoms with van der Waals surface area (Å²) in [4.78, 5) is 10.1. The van der Waals surface area contributed by atoms with Gasteiger partial charge in [-0.05, 0) is 80.6 Å². The van der Waals surface area contributed by atoms with E-state index in [-0.39, 0.29) is 0 Å². The van der Waals surface area contributed by atoms with Gasteiger partial charge in [0.05, 0.1) is 16.7 Å². The SMILES string of the molecule is Cc1ccc2c(c1)c1cc3c4cc(C)ccc4n(-c4cccc(-c5ccccn5)c4)c3nc1n2-c1ccccc1. The molecule has 0 saturated carbocycles. The molecule has 0 fully saturated rings. The zero-order valence-electron chi connectivity index (χ0n) is 22.3. The summed E-state index contributed by atoms with van der Waals surface area (Å²) in [7, 11) is 0. The molecule has 0 aliphatic rings. The van der Waals surface area contributed by atoms with E-state index in [1.54, 1.807) is 0 Å². The summed E-state index contributed by atoms with van der Waals surface area (Å²) < 4.78 is 4.59. The molecule has 4 aromatic carbocycles. The van der Waals surface area contributed by atoms with Crippen LogP contribution in [0.3, 0.4) is 0 Å². The fourth-order valence-corrected chi connectivity index (χ4v) is 6.02. The van der Waals surface area contributed by atoms with E-state index in [2.05, 4.69) is 131 Å². The minimum absolute atomic E-state index is 0.947. The van der Waals surface area contributed by atoms with Crippen molar-refractivity contribution in [2.24, 2.45) is 0 Å². The number of nitrogens with zero attached hydrogens (tertiary/aromatic N) is 4. The number of aromatic nitrogens is 4. The number of rotatable bonds is 3. The van der Waals surface area contributed by atoms with E-state index in [1.165, 1.54) is 21.9 Å². The molecule has 0 bridgehead atoms. The van der Waals surface area contributed by atoms with Crippen LogP contribution in [0, 0.1) is 13.8 Å². The lowest BCUT2D eigenvalue weighted by molar-refractivity contribution is 1.11. The van der Waals surface area contributed by atoms with Crippen molar-refractivity contribution in [1.82, 2.24) is 19.1 Å². The highest BCUT2D eigenvalue weighted by atomic mass is 15.1. The van der Waals surface area contributed by atoms with Gasteiger partial charge in [0, 0.05) is 44.7 Å². The second-order valence-electron chi connectivity index (χ2n) is 10.5. The van der Waals surface area contributed by atoms with Gasteiger partial charge in [0.2, 0.25) is 0 Å². The minimum Gasteiger partial charge on any atom is -0.294 e. The van der Waals surface area contributed by atoms with E-state index in [0.717, 1.165) is 55.7 Å². The Morgan fingerprint density at radius 3 is 1.77 bits per heavy atom. The van der Waals surface area contributed by atoms with Crippen molar-refractivity contribution in [3.63, 3.8) is 0 Å². The zero-order chi connectivity index (χ0) is 26.8. The number of hydrogen-bond acceptors (Lipinski definition) is 2. The Labute approximate surface area is 231 Å². The summed E-state index contributed by atoms with van der Waals surface area (Å²) in [6, 6.07) is 40.9. The van der Waals surface area contributed by atoms with Crippen LogP contribution in [0.2, 0.25) is 0 Å². The van der Waals surface area contributed by atoms with Gasteiger partial charge in [-0.1, -0.05) is 59.7 Å². The lowest BCUT2D eigenvalue weighted by Crippen LogP contribution is -1.99. The highest BCUT2D eigenvalue weighted by Crippen LogP contribution is 2.38. The van der Waals surface area contributed by atoms with Gasteiger partial charge in [-0.25, -0.2) is 4.98 Å². The summed E-state index contributed by atoms with van der Waals surface area (Å²) in [5, 5.41) is 4.75. The normalized spacial score (nSPS) is 11.8. The molecule has 0 aliphatic carbocycles. The first kappa shape index (κ1) is 22.7. The fourth-order valence-electron chi connectivity index (χ4n) is 6.02. The van der Waals surface area contributed by atoms with Gasteiger partial charge in [0.1, 0.15) is 11.3 Å². The molecule has 0 aliphatic heterocycles. The third-order valence-electron chi connectivity index (χ3n) is 7.85. The van der Waals surface area contributed by atoms with Gasteiger partial charge in [-0.2, -0.15) is 0 Å². The smallest absolute Gasteiger partial charge is 0.148 e. The lowest BCUT2D eigenvalue weighted by atomic mass is 10.1. The molecule has 0 saturated heterocycles. The number of benzene rings is 4. The van der Waals surface area contributed by atoms with Gasteiger partial charge in [-0.3, -0.25) is 14.1 Å². The predicted octanol–water partition coefficient (Wildman–Crippen LogP) is 8.95. The van der Waals surface area contributed by atoms with Crippen molar-refractivity contribution in [1.29, 1.82) is 0 Å². The number of fused-ring (bicyclic) bond motifs is 6. The Morgan fingerprint density at radius 2 is 1.12 bits per heavy atom.